The molecule has 0 aliphatic heterocycles. The summed E-state index contributed by atoms with van der Waals surface area (Å²) in [4.78, 5) is 15.9. The molecule has 0 aliphatic carbocycles. The molecule has 8 aromatic carbocycles. The first-order chi connectivity index (χ1) is 25.8. The summed E-state index contributed by atoms with van der Waals surface area (Å²) in [5.41, 5.74) is 6.41. The Labute approximate surface area is 297 Å². The van der Waals surface area contributed by atoms with Gasteiger partial charge in [0, 0.05) is 38.1 Å². The van der Waals surface area contributed by atoms with Gasteiger partial charge < -0.3 is 0 Å². The van der Waals surface area contributed by atoms with E-state index in [0.29, 0.717) is 17.6 Å². The third-order valence-corrected chi connectivity index (χ3v) is 10.9. The van der Waals surface area contributed by atoms with Crippen LogP contribution in [-0.2, 0) is 0 Å². The molecule has 12 aromatic rings. The number of hydrogen-bond acceptors (Lipinski definition) is 3. The number of benzene rings is 8. The lowest BCUT2D eigenvalue weighted by atomic mass is 9.99. The highest BCUT2D eigenvalue weighted by atomic mass is 15.2. The van der Waals surface area contributed by atoms with Crippen molar-refractivity contribution in [2.45, 2.75) is 0 Å². The predicted octanol–water partition coefficient (Wildman–Crippen LogP) is 11.8. The van der Waals surface area contributed by atoms with Gasteiger partial charge in [-0.1, -0.05) is 146 Å². The van der Waals surface area contributed by atoms with Gasteiger partial charge in [-0.2, -0.15) is 9.97 Å². The quantitative estimate of drug-likeness (QED) is 0.189. The van der Waals surface area contributed by atoms with Gasteiger partial charge in [-0.3, -0.25) is 8.97 Å². The predicted molar refractivity (Wildman–Crippen MR) is 215 cm³/mol. The normalized spacial score (nSPS) is 12.2. The fourth-order valence-electron chi connectivity index (χ4n) is 8.69. The van der Waals surface area contributed by atoms with Crippen molar-refractivity contribution in [1.29, 1.82) is 0 Å². The van der Waals surface area contributed by atoms with Gasteiger partial charge in [0.05, 0.1) is 16.6 Å². The van der Waals surface area contributed by atoms with Gasteiger partial charge in [-0.05, 0) is 50.5 Å². The van der Waals surface area contributed by atoms with Crippen LogP contribution in [0, 0.1) is 0 Å². The van der Waals surface area contributed by atoms with Crippen LogP contribution in [-0.4, -0.2) is 23.9 Å². The van der Waals surface area contributed by atoms with Gasteiger partial charge in [0.15, 0.2) is 11.6 Å². The highest BCUT2D eigenvalue weighted by Gasteiger charge is 2.28. The van der Waals surface area contributed by atoms with E-state index in [0.717, 1.165) is 38.6 Å². The SMILES string of the molecule is c1ccc(-c2nc(-c3cccc4ccccc34)nc(-n3c4ccc5ccccc5c4c4c5cc6ccccc6c6c7ccccc7n(c56)c43)n2)cc1. The van der Waals surface area contributed by atoms with Gasteiger partial charge in [0.1, 0.15) is 5.65 Å². The number of hydrogen-bond donors (Lipinski definition) is 0. The highest BCUT2D eigenvalue weighted by molar-refractivity contribution is 6.37. The van der Waals surface area contributed by atoms with E-state index in [1.54, 1.807) is 0 Å². The largest absolute Gasteiger partial charge is 0.294 e. The van der Waals surface area contributed by atoms with Crippen molar-refractivity contribution in [1.82, 2.24) is 23.9 Å². The summed E-state index contributed by atoms with van der Waals surface area (Å²) in [6, 6.07) is 58.1. The number of aromatic nitrogens is 5. The molecule has 0 radical (unpaired) electrons. The van der Waals surface area contributed by atoms with Crippen LogP contribution in [0.5, 0.6) is 0 Å². The van der Waals surface area contributed by atoms with Crippen molar-refractivity contribution in [3.05, 3.63) is 164 Å². The van der Waals surface area contributed by atoms with Crippen molar-refractivity contribution in [2.75, 3.05) is 0 Å². The average Bonchev–Trinajstić information content (AvgIpc) is 3.85. The lowest BCUT2D eigenvalue weighted by Crippen LogP contribution is -2.07. The first kappa shape index (κ1) is 27.7. The number of nitrogens with zero attached hydrogens (tertiary/aromatic N) is 5. The highest BCUT2D eigenvalue weighted by Crippen LogP contribution is 2.48. The van der Waals surface area contributed by atoms with Crippen molar-refractivity contribution < 1.29 is 0 Å². The van der Waals surface area contributed by atoms with E-state index in [-0.39, 0.29) is 0 Å². The van der Waals surface area contributed by atoms with Crippen molar-refractivity contribution >= 4 is 81.4 Å². The van der Waals surface area contributed by atoms with Crippen LogP contribution in [0.4, 0.5) is 0 Å². The molecule has 5 heteroatoms. The summed E-state index contributed by atoms with van der Waals surface area (Å²) in [5, 5.41) is 13.3. The summed E-state index contributed by atoms with van der Waals surface area (Å²) in [6.07, 6.45) is 0. The molecule has 0 aliphatic rings. The molecule has 0 bridgehead atoms. The molecule has 0 spiro atoms. The van der Waals surface area contributed by atoms with Crippen LogP contribution in [0.15, 0.2) is 164 Å². The van der Waals surface area contributed by atoms with Crippen molar-refractivity contribution in [2.24, 2.45) is 0 Å². The molecular weight excluding hydrogens is 635 g/mol. The van der Waals surface area contributed by atoms with Gasteiger partial charge in [-0.25, -0.2) is 4.98 Å². The zero-order chi connectivity index (χ0) is 33.9. The minimum atomic E-state index is 0.585. The monoisotopic (exact) mass is 661 g/mol. The summed E-state index contributed by atoms with van der Waals surface area (Å²) >= 11 is 0. The molecule has 0 atom stereocenters. The molecule has 4 heterocycles. The third kappa shape index (κ3) is 3.64. The topological polar surface area (TPSA) is 48.0 Å². The van der Waals surface area contributed by atoms with E-state index < -0.39 is 0 Å². The lowest BCUT2D eigenvalue weighted by molar-refractivity contribution is 0.943. The summed E-state index contributed by atoms with van der Waals surface area (Å²) in [6.45, 7) is 0. The number of rotatable bonds is 3. The second-order valence-corrected chi connectivity index (χ2v) is 13.6. The first-order valence-electron chi connectivity index (χ1n) is 17.6. The maximum absolute atomic E-state index is 5.40. The summed E-state index contributed by atoms with van der Waals surface area (Å²) in [7, 11) is 0. The van der Waals surface area contributed by atoms with Gasteiger partial charge in [-0.15, -0.1) is 0 Å². The minimum Gasteiger partial charge on any atom is -0.294 e. The Morgan fingerprint density at radius 3 is 1.85 bits per heavy atom. The lowest BCUT2D eigenvalue weighted by Gasteiger charge is -2.12. The molecule has 4 aromatic heterocycles. The van der Waals surface area contributed by atoms with E-state index in [4.69, 9.17) is 15.0 Å². The summed E-state index contributed by atoms with van der Waals surface area (Å²) in [5.74, 6) is 1.86. The Kier molecular flexibility index (Phi) is 5.44. The molecule has 52 heavy (non-hydrogen) atoms. The summed E-state index contributed by atoms with van der Waals surface area (Å²) < 4.78 is 4.75. The number of fused-ring (bicyclic) bond motifs is 13. The van der Waals surface area contributed by atoms with E-state index >= 15 is 0 Å². The van der Waals surface area contributed by atoms with Crippen LogP contribution in [0.3, 0.4) is 0 Å². The Hall–Kier alpha value is -7.11. The van der Waals surface area contributed by atoms with E-state index in [1.165, 1.54) is 54.0 Å². The Morgan fingerprint density at radius 1 is 0.385 bits per heavy atom. The van der Waals surface area contributed by atoms with Gasteiger partial charge in [0.2, 0.25) is 5.95 Å². The molecule has 0 saturated heterocycles. The molecule has 12 rings (SSSR count). The second kappa shape index (κ2) is 10.2. The fraction of sp³-hybridized carbons (Fsp3) is 0. The standard InChI is InChI=1S/C47H27N5/c1-2-15-30(16-3-1)44-48-45(35-23-12-18-28-13-4-7-19-32(28)35)50-47(49-44)52-39-26-25-29-14-5-8-20-33(29)41(39)42-37-27-31-17-6-9-21-34(31)40-36-22-10-11-24-38(36)51(43(37)40)46(42)52/h1-27H. The minimum absolute atomic E-state index is 0.585. The maximum atomic E-state index is 5.40. The zero-order valence-corrected chi connectivity index (χ0v) is 27.8. The van der Waals surface area contributed by atoms with Gasteiger partial charge in [0.25, 0.3) is 0 Å². The molecule has 0 N–H and O–H groups in total. The molecule has 0 amide bonds. The van der Waals surface area contributed by atoms with Crippen LogP contribution in [0.25, 0.3) is 110 Å². The molecule has 5 nitrogen and oxygen atoms in total. The van der Waals surface area contributed by atoms with E-state index in [9.17, 15) is 0 Å². The molecule has 240 valence electrons. The fourth-order valence-corrected chi connectivity index (χ4v) is 8.69. The zero-order valence-electron chi connectivity index (χ0n) is 27.8. The van der Waals surface area contributed by atoms with Crippen LogP contribution < -0.4 is 0 Å². The first-order valence-corrected chi connectivity index (χ1v) is 17.6. The molecular formula is C47H27N5. The maximum Gasteiger partial charge on any atom is 0.239 e. The Morgan fingerprint density at radius 2 is 1.02 bits per heavy atom. The molecule has 0 fully saturated rings. The average molecular weight is 662 g/mol. The van der Waals surface area contributed by atoms with E-state index in [2.05, 4.69) is 155 Å². The van der Waals surface area contributed by atoms with Crippen LogP contribution in [0.1, 0.15) is 0 Å². The third-order valence-electron chi connectivity index (χ3n) is 10.9. The number of para-hydroxylation sites is 1. The molecule has 0 unspecified atom stereocenters. The molecule has 0 saturated carbocycles. The Balaban J connectivity index is 1.32. The second-order valence-electron chi connectivity index (χ2n) is 13.6. The van der Waals surface area contributed by atoms with Crippen LogP contribution in [0.2, 0.25) is 0 Å². The van der Waals surface area contributed by atoms with Crippen molar-refractivity contribution in [3.63, 3.8) is 0 Å². The van der Waals surface area contributed by atoms with E-state index in [1.807, 2.05) is 18.2 Å². The smallest absolute Gasteiger partial charge is 0.239 e. The van der Waals surface area contributed by atoms with Crippen molar-refractivity contribution in [3.8, 4) is 28.7 Å². The van der Waals surface area contributed by atoms with Gasteiger partial charge >= 0.3 is 0 Å². The Bertz CT molecular complexity index is 3400. The van der Waals surface area contributed by atoms with Crippen LogP contribution >= 0.6 is 0 Å².